The van der Waals surface area contributed by atoms with Gasteiger partial charge in [-0.2, -0.15) is 0 Å². The maximum Gasteiger partial charge on any atom is 0.201 e. The molecule has 6 heteroatoms. The highest BCUT2D eigenvalue weighted by atomic mass is 79.9. The number of sulfone groups is 1. The third-order valence-electron chi connectivity index (χ3n) is 2.35. The summed E-state index contributed by atoms with van der Waals surface area (Å²) in [5.41, 5.74) is 1.37. The number of aromatic nitrogens is 1. The van der Waals surface area contributed by atoms with Crippen LogP contribution in [0.15, 0.2) is 35.2 Å². The maximum atomic E-state index is 12.2. The molecule has 1 aromatic carbocycles. The number of aryl methyl sites for hydroxylation is 1. The van der Waals surface area contributed by atoms with Crippen molar-refractivity contribution >= 4 is 52.6 Å². The minimum Gasteiger partial charge on any atom is -0.253 e. The van der Waals surface area contributed by atoms with Gasteiger partial charge in [0.1, 0.15) is 0 Å². The number of pyridine rings is 1. The van der Waals surface area contributed by atoms with Crippen LogP contribution < -0.4 is 0 Å². The van der Waals surface area contributed by atoms with Crippen molar-refractivity contribution in [2.24, 2.45) is 0 Å². The minimum atomic E-state index is -3.43. The lowest BCUT2D eigenvalue weighted by Gasteiger charge is -2.09. The summed E-state index contributed by atoms with van der Waals surface area (Å²) < 4.78 is 23.6. The largest absolute Gasteiger partial charge is 0.253 e. The summed E-state index contributed by atoms with van der Waals surface area (Å²) >= 11 is 6.10. The van der Waals surface area contributed by atoms with E-state index in [4.69, 9.17) is 0 Å². The van der Waals surface area contributed by atoms with Crippen LogP contribution in [0.2, 0.25) is 0 Å². The van der Waals surface area contributed by atoms with Crippen LogP contribution in [0.3, 0.4) is 0 Å². The van der Waals surface area contributed by atoms with Crippen molar-refractivity contribution in [1.82, 2.24) is 4.98 Å². The number of hydrogen-bond donors (Lipinski definition) is 0. The molecule has 0 aliphatic rings. The lowest BCUT2D eigenvalue weighted by atomic mass is 10.2. The number of hydrogen-bond acceptors (Lipinski definition) is 3. The average molecular weight is 379 g/mol. The zero-order valence-corrected chi connectivity index (χ0v) is 12.9. The molecule has 2 aromatic rings. The van der Waals surface area contributed by atoms with Gasteiger partial charge in [0, 0.05) is 11.1 Å². The molecule has 90 valence electrons. The Bertz CT molecular complexity index is 668. The molecule has 0 N–H and O–H groups in total. The first-order valence-corrected chi connectivity index (χ1v) is 8.19. The molecule has 2 rings (SSSR count). The summed E-state index contributed by atoms with van der Waals surface area (Å²) in [6.07, 6.45) is 0. The fourth-order valence-electron chi connectivity index (χ4n) is 1.60. The maximum absolute atomic E-state index is 12.2. The van der Waals surface area contributed by atoms with E-state index in [9.17, 15) is 8.42 Å². The molecule has 0 spiro atoms. The van der Waals surface area contributed by atoms with E-state index in [2.05, 4.69) is 36.8 Å². The molecule has 1 heterocycles. The number of halogens is 2. The molecule has 3 nitrogen and oxygen atoms in total. The SMILES string of the molecule is Cc1cc(S(=O)(=O)C(Br)Br)c2ccccc2n1. The molecule has 0 bridgehead atoms. The molecule has 0 saturated carbocycles. The first-order valence-electron chi connectivity index (χ1n) is 4.81. The van der Waals surface area contributed by atoms with E-state index >= 15 is 0 Å². The Morgan fingerprint density at radius 3 is 2.53 bits per heavy atom. The molecule has 17 heavy (non-hydrogen) atoms. The molecule has 0 unspecified atom stereocenters. The topological polar surface area (TPSA) is 47.0 Å². The van der Waals surface area contributed by atoms with Crippen LogP contribution in [-0.2, 0) is 9.84 Å². The molecule has 0 radical (unpaired) electrons. The summed E-state index contributed by atoms with van der Waals surface area (Å²) in [5, 5.41) is 0.641. The molecule has 0 aliphatic carbocycles. The predicted octanol–water partition coefficient (Wildman–Crippen LogP) is 3.39. The Morgan fingerprint density at radius 1 is 1.24 bits per heavy atom. The Kier molecular flexibility index (Phi) is 3.56. The van der Waals surface area contributed by atoms with Crippen LogP contribution in [0.25, 0.3) is 10.9 Å². The standard InChI is InChI=1S/C11H9Br2NO2S/c1-7-6-10(17(15,16)11(12)13)8-4-2-3-5-9(8)14-7/h2-6,11H,1H3. The molecule has 1 aromatic heterocycles. The number of para-hydroxylation sites is 1. The monoisotopic (exact) mass is 377 g/mol. The highest BCUT2D eigenvalue weighted by Crippen LogP contribution is 2.30. The van der Waals surface area contributed by atoms with Gasteiger partial charge in [-0.25, -0.2) is 8.42 Å². The highest BCUT2D eigenvalue weighted by Gasteiger charge is 2.24. The molecule has 0 amide bonds. The van der Waals surface area contributed by atoms with Gasteiger partial charge >= 0.3 is 0 Å². The van der Waals surface area contributed by atoms with Gasteiger partial charge in [-0.15, -0.1) is 0 Å². The van der Waals surface area contributed by atoms with Crippen molar-refractivity contribution < 1.29 is 8.42 Å². The van der Waals surface area contributed by atoms with Crippen molar-refractivity contribution in [1.29, 1.82) is 0 Å². The van der Waals surface area contributed by atoms with Gasteiger partial charge in [0.25, 0.3) is 0 Å². The van der Waals surface area contributed by atoms with Gasteiger partial charge in [-0.1, -0.05) is 50.1 Å². The minimum absolute atomic E-state index is 0.291. The molecule has 0 atom stereocenters. The van der Waals surface area contributed by atoms with Gasteiger partial charge in [0.2, 0.25) is 9.84 Å². The smallest absolute Gasteiger partial charge is 0.201 e. The first kappa shape index (κ1) is 13.0. The number of rotatable bonds is 2. The number of nitrogens with zero attached hydrogens (tertiary/aromatic N) is 1. The van der Waals surface area contributed by atoms with Gasteiger partial charge < -0.3 is 0 Å². The molecule has 0 aliphatic heterocycles. The van der Waals surface area contributed by atoms with Crippen LogP contribution in [0, 0.1) is 6.92 Å². The number of alkyl halides is 2. The summed E-state index contributed by atoms with van der Waals surface area (Å²) in [7, 11) is -3.43. The Morgan fingerprint density at radius 2 is 1.88 bits per heavy atom. The van der Waals surface area contributed by atoms with Crippen molar-refractivity contribution in [2.45, 2.75) is 14.9 Å². The Hall–Kier alpha value is -0.460. The lowest BCUT2D eigenvalue weighted by Crippen LogP contribution is -2.10. The van der Waals surface area contributed by atoms with Gasteiger partial charge in [-0.3, -0.25) is 4.98 Å². The number of benzene rings is 1. The zero-order chi connectivity index (χ0) is 12.6. The second-order valence-electron chi connectivity index (χ2n) is 3.58. The van der Waals surface area contributed by atoms with Gasteiger partial charge in [-0.05, 0) is 19.1 Å². The molecule has 0 saturated heterocycles. The van der Waals surface area contributed by atoms with Crippen LogP contribution in [0.5, 0.6) is 0 Å². The first-order chi connectivity index (χ1) is 7.93. The van der Waals surface area contributed by atoms with E-state index in [0.717, 1.165) is 0 Å². The fourth-order valence-corrected chi connectivity index (χ4v) is 3.81. The van der Waals surface area contributed by atoms with E-state index in [-0.39, 0.29) is 0 Å². The fraction of sp³-hybridized carbons (Fsp3) is 0.182. The van der Waals surface area contributed by atoms with E-state index < -0.39 is 12.9 Å². The lowest BCUT2D eigenvalue weighted by molar-refractivity contribution is 0.600. The van der Waals surface area contributed by atoms with Crippen LogP contribution >= 0.6 is 31.9 Å². The molecular weight excluding hydrogens is 370 g/mol. The Labute approximate surface area is 116 Å². The quantitative estimate of drug-likeness (QED) is 0.752. The van der Waals surface area contributed by atoms with E-state index in [1.54, 1.807) is 31.2 Å². The summed E-state index contributed by atoms with van der Waals surface area (Å²) in [4.78, 5) is 4.61. The number of fused-ring (bicyclic) bond motifs is 1. The van der Waals surface area contributed by atoms with Gasteiger partial charge in [0.15, 0.2) is 3.07 Å². The van der Waals surface area contributed by atoms with Crippen LogP contribution in [0.1, 0.15) is 5.69 Å². The van der Waals surface area contributed by atoms with Crippen molar-refractivity contribution in [3.63, 3.8) is 0 Å². The average Bonchev–Trinajstić information content (AvgIpc) is 2.27. The second-order valence-corrected chi connectivity index (χ2v) is 9.86. The Balaban J connectivity index is 2.86. The van der Waals surface area contributed by atoms with Crippen LogP contribution in [-0.4, -0.2) is 16.5 Å². The third-order valence-corrected chi connectivity index (χ3v) is 6.72. The van der Waals surface area contributed by atoms with Crippen molar-refractivity contribution in [3.05, 3.63) is 36.0 Å². The predicted molar refractivity (Wildman–Crippen MR) is 75.3 cm³/mol. The summed E-state index contributed by atoms with van der Waals surface area (Å²) in [6.45, 7) is 1.78. The van der Waals surface area contributed by atoms with Crippen molar-refractivity contribution in [2.75, 3.05) is 0 Å². The molecule has 0 fully saturated rings. The third kappa shape index (κ3) is 2.39. The van der Waals surface area contributed by atoms with Crippen LogP contribution in [0.4, 0.5) is 0 Å². The van der Waals surface area contributed by atoms with Crippen molar-refractivity contribution in [3.8, 4) is 0 Å². The molecular formula is C11H9Br2NO2S. The normalized spacial score (nSPS) is 12.2. The van der Waals surface area contributed by atoms with E-state index in [1.165, 1.54) is 0 Å². The highest BCUT2D eigenvalue weighted by molar-refractivity contribution is 9.27. The summed E-state index contributed by atoms with van der Waals surface area (Å²) in [6, 6.07) is 8.80. The summed E-state index contributed by atoms with van der Waals surface area (Å²) in [5.74, 6) is 0. The van der Waals surface area contributed by atoms with E-state index in [0.29, 0.717) is 21.5 Å². The zero-order valence-electron chi connectivity index (χ0n) is 8.89. The van der Waals surface area contributed by atoms with E-state index in [1.807, 2.05) is 6.07 Å². The second kappa shape index (κ2) is 4.66. The van der Waals surface area contributed by atoms with Gasteiger partial charge in [0.05, 0.1) is 10.4 Å².